The van der Waals surface area contributed by atoms with Crippen molar-refractivity contribution in [1.82, 2.24) is 0 Å². The maximum absolute atomic E-state index is 13.2. The molecule has 0 amide bonds. The summed E-state index contributed by atoms with van der Waals surface area (Å²) in [4.78, 5) is 0. The molecule has 0 aromatic rings. The van der Waals surface area contributed by atoms with Crippen LogP contribution in [0.1, 0.15) is 78.6 Å². The number of aliphatic hydroxyl groups excluding tert-OH is 1. The van der Waals surface area contributed by atoms with Crippen LogP contribution in [0.3, 0.4) is 0 Å². The normalized spacial score (nSPS) is 48.4. The zero-order valence-corrected chi connectivity index (χ0v) is 19.2. The molecule has 174 valence electrons. The Morgan fingerprint density at radius 2 is 1.63 bits per heavy atom. The van der Waals surface area contributed by atoms with E-state index in [1.165, 1.54) is 32.1 Å². The van der Waals surface area contributed by atoms with Crippen LogP contribution in [-0.2, 0) is 4.74 Å². The van der Waals surface area contributed by atoms with Gasteiger partial charge in [-0.25, -0.2) is 0 Å². The summed E-state index contributed by atoms with van der Waals surface area (Å²) in [5.74, 6) is 2.64. The van der Waals surface area contributed by atoms with E-state index in [2.05, 4.69) is 13.8 Å². The Kier molecular flexibility index (Phi) is 6.05. The number of alkyl halides is 3. The van der Waals surface area contributed by atoms with Gasteiger partial charge in [-0.15, -0.1) is 0 Å². The molecule has 0 aromatic carbocycles. The van der Waals surface area contributed by atoms with Gasteiger partial charge in [0.1, 0.15) is 0 Å². The van der Waals surface area contributed by atoms with Crippen LogP contribution < -0.4 is 0 Å². The maximum Gasteiger partial charge on any atom is 0.414 e. The second-order valence-corrected chi connectivity index (χ2v) is 11.8. The molecule has 0 radical (unpaired) electrons. The molecule has 0 unspecified atom stereocenters. The molecule has 30 heavy (non-hydrogen) atoms. The number of aliphatic hydroxyl groups is 1. The first-order chi connectivity index (χ1) is 14.0. The van der Waals surface area contributed by atoms with Gasteiger partial charge in [-0.05, 0) is 110 Å². The van der Waals surface area contributed by atoms with Crippen molar-refractivity contribution in [2.45, 2.75) is 90.8 Å². The molecule has 0 spiro atoms. The Morgan fingerprint density at radius 3 is 2.30 bits per heavy atom. The molecular weight excluding hydrogens is 389 g/mol. The number of halogens is 3. The van der Waals surface area contributed by atoms with Crippen molar-refractivity contribution < 1.29 is 23.0 Å². The molecule has 2 nitrogen and oxygen atoms in total. The molecule has 4 aliphatic carbocycles. The minimum Gasteiger partial charge on any atom is -0.384 e. The summed E-state index contributed by atoms with van der Waals surface area (Å²) in [6.07, 6.45) is 3.70. The van der Waals surface area contributed by atoms with Crippen molar-refractivity contribution in [2.75, 3.05) is 13.7 Å². The molecule has 4 rings (SSSR count). The van der Waals surface area contributed by atoms with Crippen LogP contribution in [0.15, 0.2) is 0 Å². The van der Waals surface area contributed by atoms with Crippen LogP contribution in [0.2, 0.25) is 0 Å². The summed E-state index contributed by atoms with van der Waals surface area (Å²) in [5, 5.41) is 9.98. The summed E-state index contributed by atoms with van der Waals surface area (Å²) in [6.45, 7) is 7.30. The van der Waals surface area contributed by atoms with Crippen LogP contribution in [0.4, 0.5) is 13.2 Å². The Morgan fingerprint density at radius 1 is 0.967 bits per heavy atom. The third-order valence-electron chi connectivity index (χ3n) is 10.7. The molecule has 4 aliphatic rings. The second-order valence-electron chi connectivity index (χ2n) is 11.8. The van der Waals surface area contributed by atoms with Crippen molar-refractivity contribution in [2.24, 2.45) is 52.3 Å². The minimum absolute atomic E-state index is 0.0250. The van der Waals surface area contributed by atoms with Crippen LogP contribution in [0, 0.1) is 52.3 Å². The van der Waals surface area contributed by atoms with Gasteiger partial charge in [-0.1, -0.05) is 20.8 Å². The number of hydrogen-bond acceptors (Lipinski definition) is 2. The van der Waals surface area contributed by atoms with E-state index in [1.807, 2.05) is 0 Å². The van der Waals surface area contributed by atoms with Crippen LogP contribution in [0.25, 0.3) is 0 Å². The quantitative estimate of drug-likeness (QED) is 0.554. The van der Waals surface area contributed by atoms with Crippen molar-refractivity contribution in [3.63, 3.8) is 0 Å². The SMILES string of the molecule is COC[C@@H]1CC[C@@]2(C)[C@H](CC[C@@H]3[C@@H]2CC[C@]2(C)[C@@H]([C@H](C)[C@H](O)C(F)(F)F)CC[C@@H]32)C1. The lowest BCUT2D eigenvalue weighted by Gasteiger charge is -2.61. The zero-order chi connectivity index (χ0) is 21.9. The summed E-state index contributed by atoms with van der Waals surface area (Å²) in [5.41, 5.74) is 0.340. The second kappa shape index (κ2) is 7.93. The molecule has 0 aromatic heterocycles. The molecule has 0 bridgehead atoms. The van der Waals surface area contributed by atoms with Crippen LogP contribution in [0.5, 0.6) is 0 Å². The van der Waals surface area contributed by atoms with Crippen molar-refractivity contribution in [1.29, 1.82) is 0 Å². The van der Waals surface area contributed by atoms with Gasteiger partial charge >= 0.3 is 6.18 Å². The summed E-state index contributed by atoms with van der Waals surface area (Å²) >= 11 is 0. The number of hydrogen-bond donors (Lipinski definition) is 1. The molecule has 4 fully saturated rings. The third kappa shape index (κ3) is 3.54. The lowest BCUT2D eigenvalue weighted by atomic mass is 9.44. The lowest BCUT2D eigenvalue weighted by molar-refractivity contribution is -0.228. The minimum atomic E-state index is -4.52. The monoisotopic (exact) mass is 430 g/mol. The van der Waals surface area contributed by atoms with Gasteiger partial charge in [-0.3, -0.25) is 0 Å². The fourth-order valence-corrected chi connectivity index (χ4v) is 9.16. The van der Waals surface area contributed by atoms with Crippen LogP contribution >= 0.6 is 0 Å². The van der Waals surface area contributed by atoms with E-state index in [4.69, 9.17) is 4.74 Å². The fourth-order valence-electron chi connectivity index (χ4n) is 9.16. The first kappa shape index (κ1) is 22.9. The molecule has 0 saturated heterocycles. The van der Waals surface area contributed by atoms with E-state index in [1.54, 1.807) is 14.0 Å². The Bertz CT molecular complexity index is 622. The molecular formula is C25H41F3O2. The first-order valence-electron chi connectivity index (χ1n) is 12.3. The average Bonchev–Trinajstić information content (AvgIpc) is 3.04. The van der Waals surface area contributed by atoms with E-state index in [-0.39, 0.29) is 11.3 Å². The highest BCUT2D eigenvalue weighted by atomic mass is 19.4. The largest absolute Gasteiger partial charge is 0.414 e. The van der Waals surface area contributed by atoms with Gasteiger partial charge in [0.15, 0.2) is 6.10 Å². The molecule has 0 aliphatic heterocycles. The number of rotatable bonds is 4. The fraction of sp³-hybridized carbons (Fsp3) is 1.00. The highest BCUT2D eigenvalue weighted by molar-refractivity contribution is 5.10. The summed E-state index contributed by atoms with van der Waals surface area (Å²) in [6, 6.07) is 0. The van der Waals surface area contributed by atoms with E-state index in [9.17, 15) is 18.3 Å². The number of methoxy groups -OCH3 is 1. The molecule has 0 heterocycles. The number of ether oxygens (including phenoxy) is 1. The zero-order valence-electron chi connectivity index (χ0n) is 19.2. The van der Waals surface area contributed by atoms with Gasteiger partial charge in [0.25, 0.3) is 0 Å². The topological polar surface area (TPSA) is 29.5 Å². The highest BCUT2D eigenvalue weighted by Crippen LogP contribution is 2.68. The predicted octanol–water partition coefficient (Wildman–Crippen LogP) is 6.47. The predicted molar refractivity (Wildman–Crippen MR) is 112 cm³/mol. The van der Waals surface area contributed by atoms with Gasteiger partial charge in [0.05, 0.1) is 0 Å². The third-order valence-corrected chi connectivity index (χ3v) is 10.7. The Balaban J connectivity index is 1.51. The van der Waals surface area contributed by atoms with Gasteiger partial charge in [0.2, 0.25) is 0 Å². The maximum atomic E-state index is 13.2. The van der Waals surface area contributed by atoms with E-state index in [0.29, 0.717) is 23.2 Å². The number of fused-ring (bicyclic) bond motifs is 5. The van der Waals surface area contributed by atoms with E-state index in [0.717, 1.165) is 44.1 Å². The smallest absolute Gasteiger partial charge is 0.384 e. The molecule has 4 saturated carbocycles. The molecule has 1 N–H and O–H groups in total. The van der Waals surface area contributed by atoms with Crippen molar-refractivity contribution in [3.8, 4) is 0 Å². The Hall–Kier alpha value is -0.290. The average molecular weight is 431 g/mol. The van der Waals surface area contributed by atoms with Crippen molar-refractivity contribution in [3.05, 3.63) is 0 Å². The Labute approximate surface area is 180 Å². The van der Waals surface area contributed by atoms with Gasteiger partial charge in [-0.2, -0.15) is 13.2 Å². The van der Waals surface area contributed by atoms with Gasteiger partial charge < -0.3 is 9.84 Å². The van der Waals surface area contributed by atoms with Gasteiger partial charge in [0, 0.05) is 13.7 Å². The summed E-state index contributed by atoms with van der Waals surface area (Å²) in [7, 11) is 1.81. The standard InChI is InChI=1S/C25H41F3O2/c1-15(22(29)25(26,27)28)19-7-8-20-18-6-5-17-13-16(14-30-4)9-11-23(17,2)21(18)10-12-24(19,20)3/h15-22,29H,5-14H2,1-4H3/t15-,16+,17+,18-,19+,20-,21-,22-,23-,24+/m0/s1. The lowest BCUT2D eigenvalue weighted by Crippen LogP contribution is -2.54. The van der Waals surface area contributed by atoms with Crippen molar-refractivity contribution >= 4 is 0 Å². The van der Waals surface area contributed by atoms with E-state index < -0.39 is 18.2 Å². The molecule has 5 heteroatoms. The first-order valence-corrected chi connectivity index (χ1v) is 12.3. The summed E-state index contributed by atoms with van der Waals surface area (Å²) < 4.78 is 45.1. The highest BCUT2D eigenvalue weighted by Gasteiger charge is 2.62. The molecule has 10 atom stereocenters. The van der Waals surface area contributed by atoms with E-state index >= 15 is 0 Å². The van der Waals surface area contributed by atoms with Crippen LogP contribution in [-0.4, -0.2) is 31.1 Å².